The summed E-state index contributed by atoms with van der Waals surface area (Å²) in [6.07, 6.45) is 0. The van der Waals surface area contributed by atoms with Gasteiger partial charge in [0.05, 0.1) is 17.2 Å². The van der Waals surface area contributed by atoms with Gasteiger partial charge in [0.2, 0.25) is 0 Å². The summed E-state index contributed by atoms with van der Waals surface area (Å²) >= 11 is 12.2. The standard InChI is InChI=1S/C12H16Cl2N2O/c1-17-12-10(13)6-9(7-11(12)14)8-16-4-2-15-3-5-16/h6-7,15H,2-5,8H2,1H3. The summed E-state index contributed by atoms with van der Waals surface area (Å²) in [6, 6.07) is 3.85. The maximum absolute atomic E-state index is 6.11. The zero-order valence-corrected chi connectivity index (χ0v) is 11.3. The van der Waals surface area contributed by atoms with Crippen LogP contribution in [0.1, 0.15) is 5.56 Å². The van der Waals surface area contributed by atoms with Crippen molar-refractivity contribution in [1.29, 1.82) is 0 Å². The van der Waals surface area contributed by atoms with E-state index in [4.69, 9.17) is 27.9 Å². The fourth-order valence-electron chi connectivity index (χ4n) is 2.03. The molecule has 2 rings (SSSR count). The average Bonchev–Trinajstić information content (AvgIpc) is 2.30. The number of hydrogen-bond donors (Lipinski definition) is 1. The number of halogens is 2. The van der Waals surface area contributed by atoms with E-state index >= 15 is 0 Å². The monoisotopic (exact) mass is 274 g/mol. The van der Waals surface area contributed by atoms with Crippen LogP contribution in [0.2, 0.25) is 10.0 Å². The van der Waals surface area contributed by atoms with E-state index in [1.165, 1.54) is 0 Å². The Balaban J connectivity index is 2.10. The Morgan fingerprint density at radius 2 is 1.82 bits per heavy atom. The van der Waals surface area contributed by atoms with Crippen LogP contribution in [0.4, 0.5) is 0 Å². The average molecular weight is 275 g/mol. The van der Waals surface area contributed by atoms with Crippen molar-refractivity contribution in [3.63, 3.8) is 0 Å². The second-order valence-corrected chi connectivity index (χ2v) is 4.93. The lowest BCUT2D eigenvalue weighted by Crippen LogP contribution is -2.42. The molecule has 0 saturated carbocycles. The van der Waals surface area contributed by atoms with Gasteiger partial charge in [-0.25, -0.2) is 0 Å². The van der Waals surface area contributed by atoms with Gasteiger partial charge in [-0.3, -0.25) is 4.90 Å². The summed E-state index contributed by atoms with van der Waals surface area (Å²) in [6.45, 7) is 5.07. The zero-order chi connectivity index (χ0) is 12.3. The first kappa shape index (κ1) is 13.0. The van der Waals surface area contributed by atoms with Crippen LogP contribution in [0.5, 0.6) is 5.75 Å². The lowest BCUT2D eigenvalue weighted by molar-refractivity contribution is 0.233. The van der Waals surface area contributed by atoms with Crippen molar-refractivity contribution < 1.29 is 4.74 Å². The SMILES string of the molecule is COc1c(Cl)cc(CN2CCNCC2)cc1Cl. The molecule has 94 valence electrons. The summed E-state index contributed by atoms with van der Waals surface area (Å²) in [5.74, 6) is 0.553. The third kappa shape index (κ3) is 3.26. The molecule has 0 radical (unpaired) electrons. The van der Waals surface area contributed by atoms with E-state index < -0.39 is 0 Å². The Kier molecular flexibility index (Phi) is 4.51. The molecular weight excluding hydrogens is 259 g/mol. The lowest BCUT2D eigenvalue weighted by atomic mass is 10.2. The summed E-state index contributed by atoms with van der Waals surface area (Å²) in [7, 11) is 1.57. The molecular formula is C12H16Cl2N2O. The molecule has 17 heavy (non-hydrogen) atoms. The van der Waals surface area contributed by atoms with Crippen LogP contribution in [0.3, 0.4) is 0 Å². The van der Waals surface area contributed by atoms with Gasteiger partial charge in [0.25, 0.3) is 0 Å². The Morgan fingerprint density at radius 1 is 1.24 bits per heavy atom. The second-order valence-electron chi connectivity index (χ2n) is 4.12. The normalized spacial score (nSPS) is 17.1. The van der Waals surface area contributed by atoms with E-state index in [9.17, 15) is 0 Å². The van der Waals surface area contributed by atoms with Crippen LogP contribution in [0, 0.1) is 0 Å². The topological polar surface area (TPSA) is 24.5 Å². The maximum Gasteiger partial charge on any atom is 0.156 e. The molecule has 0 atom stereocenters. The third-order valence-corrected chi connectivity index (χ3v) is 3.44. The van der Waals surface area contributed by atoms with Gasteiger partial charge >= 0.3 is 0 Å². The molecule has 0 bridgehead atoms. The minimum absolute atomic E-state index is 0.553. The molecule has 1 aliphatic rings. The first-order valence-electron chi connectivity index (χ1n) is 5.65. The van der Waals surface area contributed by atoms with Gasteiger partial charge < -0.3 is 10.1 Å². The summed E-state index contributed by atoms with van der Waals surface area (Å²) < 4.78 is 5.13. The Bertz CT molecular complexity index is 369. The fraction of sp³-hybridized carbons (Fsp3) is 0.500. The Labute approximate surface area is 112 Å². The highest BCUT2D eigenvalue weighted by molar-refractivity contribution is 6.37. The molecule has 1 saturated heterocycles. The molecule has 1 N–H and O–H groups in total. The molecule has 0 aromatic heterocycles. The van der Waals surface area contributed by atoms with Gasteiger partial charge in [0, 0.05) is 32.7 Å². The van der Waals surface area contributed by atoms with Crippen LogP contribution >= 0.6 is 23.2 Å². The predicted octanol–water partition coefficient (Wildman–Crippen LogP) is 2.41. The number of ether oxygens (including phenoxy) is 1. The van der Waals surface area contributed by atoms with Crippen molar-refractivity contribution >= 4 is 23.2 Å². The highest BCUT2D eigenvalue weighted by atomic mass is 35.5. The van der Waals surface area contributed by atoms with Crippen LogP contribution in [0.15, 0.2) is 12.1 Å². The van der Waals surface area contributed by atoms with E-state index in [2.05, 4.69) is 10.2 Å². The molecule has 0 spiro atoms. The van der Waals surface area contributed by atoms with Crippen molar-refractivity contribution in [2.45, 2.75) is 6.54 Å². The third-order valence-electron chi connectivity index (χ3n) is 2.88. The van der Waals surface area contributed by atoms with Crippen molar-refractivity contribution in [3.05, 3.63) is 27.7 Å². The number of nitrogens with zero attached hydrogens (tertiary/aromatic N) is 1. The number of rotatable bonds is 3. The minimum atomic E-state index is 0.553. The van der Waals surface area contributed by atoms with E-state index in [1.807, 2.05) is 12.1 Å². The quantitative estimate of drug-likeness (QED) is 0.916. The molecule has 1 aromatic carbocycles. The van der Waals surface area contributed by atoms with Crippen molar-refractivity contribution in [2.24, 2.45) is 0 Å². The van der Waals surface area contributed by atoms with Gasteiger partial charge in [0.15, 0.2) is 5.75 Å². The van der Waals surface area contributed by atoms with Crippen molar-refractivity contribution in [3.8, 4) is 5.75 Å². The van der Waals surface area contributed by atoms with Crippen molar-refractivity contribution in [1.82, 2.24) is 10.2 Å². The van der Waals surface area contributed by atoms with E-state index in [0.717, 1.165) is 38.3 Å². The fourth-order valence-corrected chi connectivity index (χ4v) is 2.71. The molecule has 0 unspecified atom stereocenters. The highest BCUT2D eigenvalue weighted by Crippen LogP contribution is 2.34. The summed E-state index contributed by atoms with van der Waals surface area (Å²) in [5.41, 5.74) is 1.13. The van der Waals surface area contributed by atoms with Gasteiger partial charge in [-0.15, -0.1) is 0 Å². The smallest absolute Gasteiger partial charge is 0.156 e. The first-order chi connectivity index (χ1) is 8.20. The molecule has 5 heteroatoms. The largest absolute Gasteiger partial charge is 0.494 e. The maximum atomic E-state index is 6.11. The second kappa shape index (κ2) is 5.91. The van der Waals surface area contributed by atoms with Gasteiger partial charge in [-0.1, -0.05) is 23.2 Å². The Hall–Kier alpha value is -0.480. The molecule has 0 amide bonds. The van der Waals surface area contributed by atoms with Gasteiger partial charge in [-0.2, -0.15) is 0 Å². The summed E-state index contributed by atoms with van der Waals surface area (Å²) in [4.78, 5) is 2.38. The molecule has 0 aliphatic carbocycles. The number of benzene rings is 1. The van der Waals surface area contributed by atoms with E-state index in [-0.39, 0.29) is 0 Å². The Morgan fingerprint density at radius 3 is 2.35 bits per heavy atom. The van der Waals surface area contributed by atoms with Crippen LogP contribution < -0.4 is 10.1 Å². The first-order valence-corrected chi connectivity index (χ1v) is 6.41. The molecule has 3 nitrogen and oxygen atoms in total. The van der Waals surface area contributed by atoms with Crippen LogP contribution in [-0.2, 0) is 6.54 Å². The predicted molar refractivity (Wildman–Crippen MR) is 71.2 cm³/mol. The van der Waals surface area contributed by atoms with Crippen molar-refractivity contribution in [2.75, 3.05) is 33.3 Å². The van der Waals surface area contributed by atoms with Crippen LogP contribution in [0.25, 0.3) is 0 Å². The van der Waals surface area contributed by atoms with Gasteiger partial charge in [-0.05, 0) is 17.7 Å². The minimum Gasteiger partial charge on any atom is -0.494 e. The lowest BCUT2D eigenvalue weighted by Gasteiger charge is -2.27. The molecule has 1 heterocycles. The van der Waals surface area contributed by atoms with Gasteiger partial charge in [0.1, 0.15) is 0 Å². The van der Waals surface area contributed by atoms with E-state index in [0.29, 0.717) is 15.8 Å². The van der Waals surface area contributed by atoms with Crippen LogP contribution in [-0.4, -0.2) is 38.2 Å². The molecule has 1 aromatic rings. The molecule has 1 fully saturated rings. The summed E-state index contributed by atoms with van der Waals surface area (Å²) in [5, 5.41) is 4.48. The zero-order valence-electron chi connectivity index (χ0n) is 9.80. The number of nitrogens with one attached hydrogen (secondary N) is 1. The van der Waals surface area contributed by atoms with E-state index in [1.54, 1.807) is 7.11 Å². The molecule has 1 aliphatic heterocycles. The number of methoxy groups -OCH3 is 1. The number of piperazine rings is 1. The number of hydrogen-bond acceptors (Lipinski definition) is 3. The highest BCUT2D eigenvalue weighted by Gasteiger charge is 2.13.